The lowest BCUT2D eigenvalue weighted by atomic mass is 10.1. The normalized spacial score (nSPS) is 10.1. The Morgan fingerprint density at radius 1 is 1.00 bits per heavy atom. The average Bonchev–Trinajstić information content (AvgIpc) is 2.17. The molecule has 0 aliphatic carbocycles. The van der Waals surface area contributed by atoms with Crippen molar-refractivity contribution >= 4 is 15.6 Å². The van der Waals surface area contributed by atoms with Crippen LogP contribution in [0.25, 0.3) is 0 Å². The van der Waals surface area contributed by atoms with Crippen LogP contribution in [0.5, 0.6) is 0 Å². The number of rotatable bonds is 3. The Balaban J connectivity index is -0.0000000878. The van der Waals surface area contributed by atoms with Gasteiger partial charge in [-0.2, -0.15) is 0 Å². The SMILES string of the molecule is C.CC(=O)C(C)C.CC(C)S(C)(=O)=O.CCC(C)C. The zero-order chi connectivity index (χ0) is 15.5. The second kappa shape index (κ2) is 14.0. The molecule has 0 atom stereocenters. The lowest BCUT2D eigenvalue weighted by Gasteiger charge is -1.96. The van der Waals surface area contributed by atoms with Crippen LogP contribution < -0.4 is 0 Å². The minimum atomic E-state index is -2.74. The Morgan fingerprint density at radius 3 is 1.16 bits per heavy atom. The van der Waals surface area contributed by atoms with Gasteiger partial charge in [0.05, 0.1) is 5.25 Å². The maximum absolute atomic E-state index is 10.3. The van der Waals surface area contributed by atoms with Gasteiger partial charge in [0.15, 0.2) is 0 Å². The van der Waals surface area contributed by atoms with Gasteiger partial charge in [-0.25, -0.2) is 8.42 Å². The average molecular weight is 297 g/mol. The van der Waals surface area contributed by atoms with Crippen LogP contribution in [0.15, 0.2) is 0 Å². The first kappa shape index (κ1) is 27.0. The number of ketones is 1. The first-order valence-electron chi connectivity index (χ1n) is 6.55. The molecule has 0 spiro atoms. The van der Waals surface area contributed by atoms with E-state index in [2.05, 4.69) is 20.8 Å². The molecule has 0 saturated carbocycles. The van der Waals surface area contributed by atoms with Crippen LogP contribution in [0, 0.1) is 11.8 Å². The van der Waals surface area contributed by atoms with Gasteiger partial charge in [0, 0.05) is 12.2 Å². The monoisotopic (exact) mass is 296 g/mol. The van der Waals surface area contributed by atoms with Crippen molar-refractivity contribution in [3.63, 3.8) is 0 Å². The van der Waals surface area contributed by atoms with Gasteiger partial charge < -0.3 is 0 Å². The number of hydrogen-bond donors (Lipinski definition) is 0. The molecule has 0 saturated heterocycles. The van der Waals surface area contributed by atoms with E-state index < -0.39 is 9.84 Å². The molecule has 0 amide bonds. The van der Waals surface area contributed by atoms with Gasteiger partial charge in [-0.1, -0.05) is 48.5 Å². The summed E-state index contributed by atoms with van der Waals surface area (Å²) in [5.41, 5.74) is 0. The molecule has 19 heavy (non-hydrogen) atoms. The van der Waals surface area contributed by atoms with E-state index >= 15 is 0 Å². The molecule has 0 aliphatic rings. The third-order valence-corrected chi connectivity index (χ3v) is 4.20. The van der Waals surface area contributed by atoms with E-state index in [1.54, 1.807) is 20.8 Å². The van der Waals surface area contributed by atoms with E-state index in [9.17, 15) is 13.2 Å². The first-order chi connectivity index (χ1) is 7.86. The summed E-state index contributed by atoms with van der Waals surface area (Å²) in [5.74, 6) is 1.36. The van der Waals surface area contributed by atoms with E-state index in [-0.39, 0.29) is 24.4 Å². The lowest BCUT2D eigenvalue weighted by molar-refractivity contribution is -0.119. The fraction of sp³-hybridized carbons (Fsp3) is 0.933. The van der Waals surface area contributed by atoms with Crippen LogP contribution in [0.2, 0.25) is 0 Å². The minimum Gasteiger partial charge on any atom is -0.300 e. The Kier molecular flexibility index (Phi) is 20.0. The number of hydrogen-bond acceptors (Lipinski definition) is 3. The number of carbonyl (C=O) groups excluding carboxylic acids is 1. The standard InChI is InChI=1S/C5H10O.C5H12.C4H10O2S.CH4/c1-4(2)5(3)6;1-4-5(2)3;1-4(2)7(3,5)6;/h4H,1-3H3;5H,4H2,1-3H3;4H,1-3H3;1H4. The molecule has 0 N–H and O–H groups in total. The molecule has 3 nitrogen and oxygen atoms in total. The van der Waals surface area contributed by atoms with E-state index in [1.807, 2.05) is 13.8 Å². The summed E-state index contributed by atoms with van der Waals surface area (Å²) in [4.78, 5) is 10.1. The van der Waals surface area contributed by atoms with Gasteiger partial charge in [-0.3, -0.25) is 4.79 Å². The van der Waals surface area contributed by atoms with Crippen LogP contribution in [-0.4, -0.2) is 25.7 Å². The van der Waals surface area contributed by atoms with E-state index in [0.29, 0.717) is 0 Å². The van der Waals surface area contributed by atoms with Crippen molar-refractivity contribution in [2.45, 2.75) is 74.5 Å². The summed E-state index contributed by atoms with van der Waals surface area (Å²) in [6.07, 6.45) is 2.54. The smallest absolute Gasteiger partial charge is 0.149 e. The minimum absolute atomic E-state index is 0. The van der Waals surface area contributed by atoms with Crippen LogP contribution in [0.1, 0.15) is 69.2 Å². The van der Waals surface area contributed by atoms with Gasteiger partial charge in [0.25, 0.3) is 0 Å². The molecule has 0 aliphatic heterocycles. The molecule has 0 aromatic heterocycles. The van der Waals surface area contributed by atoms with Gasteiger partial charge in [0.2, 0.25) is 0 Å². The first-order valence-corrected chi connectivity index (χ1v) is 8.50. The molecule has 0 bridgehead atoms. The topological polar surface area (TPSA) is 51.2 Å². The van der Waals surface area contributed by atoms with Crippen LogP contribution in [0.4, 0.5) is 0 Å². The van der Waals surface area contributed by atoms with Crippen molar-refractivity contribution in [2.24, 2.45) is 11.8 Å². The second-order valence-corrected chi connectivity index (χ2v) is 8.05. The highest BCUT2D eigenvalue weighted by Gasteiger charge is 2.05. The van der Waals surface area contributed by atoms with Crippen molar-refractivity contribution < 1.29 is 13.2 Å². The maximum atomic E-state index is 10.3. The van der Waals surface area contributed by atoms with Gasteiger partial charge in [-0.05, 0) is 26.7 Å². The quantitative estimate of drug-likeness (QED) is 0.777. The Bertz CT molecular complexity index is 289. The Hall–Kier alpha value is -0.380. The number of carbonyl (C=O) groups is 1. The molecule has 0 unspecified atom stereocenters. The van der Waals surface area contributed by atoms with Crippen LogP contribution in [-0.2, 0) is 14.6 Å². The van der Waals surface area contributed by atoms with E-state index in [4.69, 9.17) is 0 Å². The maximum Gasteiger partial charge on any atom is 0.149 e. The molecule has 0 rings (SSSR count). The molecule has 4 heteroatoms. The molecule has 0 radical (unpaired) electrons. The molecule has 0 fully saturated rings. The Morgan fingerprint density at radius 2 is 1.16 bits per heavy atom. The third-order valence-electron chi connectivity index (χ3n) is 2.49. The molecule has 0 aromatic rings. The fourth-order valence-corrected chi connectivity index (χ4v) is 0. The summed E-state index contributed by atoms with van der Waals surface area (Å²) in [7, 11) is -2.74. The Labute approximate surface area is 122 Å². The van der Waals surface area contributed by atoms with Crippen molar-refractivity contribution in [3.05, 3.63) is 0 Å². The van der Waals surface area contributed by atoms with E-state index in [0.717, 1.165) is 5.92 Å². The fourth-order valence-electron chi connectivity index (χ4n) is 0. The third kappa shape index (κ3) is 31.8. The van der Waals surface area contributed by atoms with Crippen LogP contribution >= 0.6 is 0 Å². The molecular weight excluding hydrogens is 260 g/mol. The van der Waals surface area contributed by atoms with Crippen molar-refractivity contribution in [1.29, 1.82) is 0 Å². The van der Waals surface area contributed by atoms with E-state index in [1.165, 1.54) is 12.7 Å². The van der Waals surface area contributed by atoms with Crippen LogP contribution in [0.3, 0.4) is 0 Å². The van der Waals surface area contributed by atoms with Crippen molar-refractivity contribution in [1.82, 2.24) is 0 Å². The lowest BCUT2D eigenvalue weighted by Crippen LogP contribution is -2.10. The summed E-state index contributed by atoms with van der Waals surface area (Å²) in [5, 5.41) is -0.229. The largest absolute Gasteiger partial charge is 0.300 e. The van der Waals surface area contributed by atoms with Crippen molar-refractivity contribution in [3.8, 4) is 0 Å². The summed E-state index contributed by atoms with van der Waals surface area (Å²) in [6, 6.07) is 0. The van der Waals surface area contributed by atoms with Gasteiger partial charge in [0.1, 0.15) is 15.6 Å². The zero-order valence-electron chi connectivity index (χ0n) is 13.6. The summed E-state index contributed by atoms with van der Waals surface area (Å²) in [6.45, 7) is 15.4. The molecule has 0 heterocycles. The predicted octanol–water partition coefficient (Wildman–Crippen LogP) is 4.36. The highest BCUT2D eigenvalue weighted by Crippen LogP contribution is 1.94. The van der Waals surface area contributed by atoms with Crippen molar-refractivity contribution in [2.75, 3.05) is 6.26 Å². The molecule has 0 aromatic carbocycles. The van der Waals surface area contributed by atoms with Gasteiger partial charge in [-0.15, -0.1) is 0 Å². The zero-order valence-corrected chi connectivity index (χ0v) is 14.4. The number of sulfone groups is 1. The van der Waals surface area contributed by atoms with Gasteiger partial charge >= 0.3 is 0 Å². The summed E-state index contributed by atoms with van der Waals surface area (Å²) >= 11 is 0. The highest BCUT2D eigenvalue weighted by atomic mass is 32.2. The second-order valence-electron chi connectivity index (χ2n) is 5.45. The molecular formula is C15H36O3S. The summed E-state index contributed by atoms with van der Waals surface area (Å²) < 4.78 is 20.7. The highest BCUT2D eigenvalue weighted by molar-refractivity contribution is 7.91. The predicted molar refractivity (Wildman–Crippen MR) is 87.4 cm³/mol. The number of Topliss-reactive ketones (excluding diaryl/α,β-unsaturated/α-hetero) is 1. The molecule has 120 valence electrons.